The Labute approximate surface area is 133 Å². The Morgan fingerprint density at radius 1 is 1.55 bits per heavy atom. The molecule has 3 heterocycles. The number of rotatable bonds is 5. The molecule has 1 fully saturated rings. The van der Waals surface area contributed by atoms with Crippen molar-refractivity contribution in [2.24, 2.45) is 0 Å². The van der Waals surface area contributed by atoms with Gasteiger partial charge < -0.3 is 14.4 Å². The Balaban J connectivity index is 1.65. The average molecular weight is 321 g/mol. The summed E-state index contributed by atoms with van der Waals surface area (Å²) in [5, 5.41) is 6.34. The fourth-order valence-electron chi connectivity index (χ4n) is 2.43. The quantitative estimate of drug-likeness (QED) is 0.843. The highest BCUT2D eigenvalue weighted by atomic mass is 32.1. The average Bonchev–Trinajstić information content (AvgIpc) is 3.24. The lowest BCUT2D eigenvalue weighted by Crippen LogP contribution is -2.42. The normalized spacial score (nSPS) is 18.6. The molecule has 1 atom stereocenters. The smallest absolute Gasteiger partial charge is 0.274 e. The second kappa shape index (κ2) is 7.04. The Kier molecular flexibility index (Phi) is 4.87. The van der Waals surface area contributed by atoms with Gasteiger partial charge in [-0.25, -0.2) is 0 Å². The van der Waals surface area contributed by atoms with E-state index in [-0.39, 0.29) is 12.0 Å². The minimum Gasteiger partial charge on any atom is -0.383 e. The SMILES string of the molecule is COCCn1ccc(C(=O)N2CCO[C@@H](c3cccs3)C2)n1. The fraction of sp³-hybridized carbons (Fsp3) is 0.467. The number of aromatic nitrogens is 2. The zero-order valence-electron chi connectivity index (χ0n) is 12.5. The minimum absolute atomic E-state index is 0.0340. The molecule has 1 aliphatic heterocycles. The first-order valence-electron chi connectivity index (χ1n) is 7.24. The van der Waals surface area contributed by atoms with Crippen LogP contribution in [0.25, 0.3) is 0 Å². The molecule has 0 aromatic carbocycles. The molecule has 3 rings (SSSR count). The van der Waals surface area contributed by atoms with E-state index in [1.165, 1.54) is 0 Å². The molecular weight excluding hydrogens is 302 g/mol. The van der Waals surface area contributed by atoms with Crippen LogP contribution < -0.4 is 0 Å². The summed E-state index contributed by atoms with van der Waals surface area (Å²) < 4.78 is 12.5. The molecule has 0 bridgehead atoms. The van der Waals surface area contributed by atoms with Gasteiger partial charge in [-0.1, -0.05) is 6.07 Å². The molecule has 6 nitrogen and oxygen atoms in total. The molecule has 1 aliphatic rings. The molecule has 0 saturated carbocycles. The Morgan fingerprint density at radius 2 is 2.45 bits per heavy atom. The summed E-state index contributed by atoms with van der Waals surface area (Å²) in [6, 6.07) is 5.80. The van der Waals surface area contributed by atoms with Gasteiger partial charge in [0.25, 0.3) is 5.91 Å². The lowest BCUT2D eigenvalue weighted by atomic mass is 10.2. The van der Waals surface area contributed by atoms with Crippen LogP contribution in [0.4, 0.5) is 0 Å². The summed E-state index contributed by atoms with van der Waals surface area (Å²) in [6.07, 6.45) is 1.77. The van der Waals surface area contributed by atoms with E-state index in [2.05, 4.69) is 5.10 Å². The Bertz CT molecular complexity index is 611. The van der Waals surface area contributed by atoms with Gasteiger partial charge in [-0.15, -0.1) is 11.3 Å². The monoisotopic (exact) mass is 321 g/mol. The molecule has 0 aliphatic carbocycles. The highest BCUT2D eigenvalue weighted by Gasteiger charge is 2.27. The van der Waals surface area contributed by atoms with Gasteiger partial charge in [0.15, 0.2) is 0 Å². The standard InChI is InChI=1S/C15H19N3O3S/c1-20-8-7-18-5-4-12(16-18)15(19)17-6-9-21-13(11-17)14-3-2-10-22-14/h2-5,10,13H,6-9,11H2,1H3/t13-/m1/s1. The van der Waals surface area contributed by atoms with Crippen LogP contribution in [0.1, 0.15) is 21.5 Å². The van der Waals surface area contributed by atoms with Crippen molar-refractivity contribution in [2.75, 3.05) is 33.4 Å². The summed E-state index contributed by atoms with van der Waals surface area (Å²) in [4.78, 5) is 15.5. The number of hydrogen-bond acceptors (Lipinski definition) is 5. The molecule has 2 aromatic heterocycles. The zero-order valence-corrected chi connectivity index (χ0v) is 13.3. The largest absolute Gasteiger partial charge is 0.383 e. The van der Waals surface area contributed by atoms with Crippen LogP contribution in [-0.2, 0) is 16.0 Å². The van der Waals surface area contributed by atoms with Crippen LogP contribution in [0.15, 0.2) is 29.8 Å². The lowest BCUT2D eigenvalue weighted by Gasteiger charge is -2.32. The highest BCUT2D eigenvalue weighted by molar-refractivity contribution is 7.10. The van der Waals surface area contributed by atoms with Crippen molar-refractivity contribution < 1.29 is 14.3 Å². The van der Waals surface area contributed by atoms with E-state index in [1.807, 2.05) is 28.6 Å². The molecule has 1 amide bonds. The first-order valence-corrected chi connectivity index (χ1v) is 8.12. The van der Waals surface area contributed by atoms with Gasteiger partial charge in [-0.3, -0.25) is 9.48 Å². The van der Waals surface area contributed by atoms with Crippen molar-refractivity contribution in [3.63, 3.8) is 0 Å². The third-order valence-electron chi connectivity index (χ3n) is 3.60. The number of carbonyl (C=O) groups excluding carboxylic acids is 1. The molecule has 1 saturated heterocycles. The zero-order chi connectivity index (χ0) is 15.4. The maximum Gasteiger partial charge on any atom is 0.274 e. The summed E-state index contributed by atoms with van der Waals surface area (Å²) >= 11 is 1.66. The van der Waals surface area contributed by atoms with Crippen molar-refractivity contribution >= 4 is 17.2 Å². The van der Waals surface area contributed by atoms with Gasteiger partial charge >= 0.3 is 0 Å². The van der Waals surface area contributed by atoms with E-state index < -0.39 is 0 Å². The third kappa shape index (κ3) is 3.37. The molecule has 0 spiro atoms. The van der Waals surface area contributed by atoms with Crippen LogP contribution in [0.5, 0.6) is 0 Å². The molecule has 118 valence electrons. The van der Waals surface area contributed by atoms with Gasteiger partial charge in [0, 0.05) is 24.7 Å². The first-order chi connectivity index (χ1) is 10.8. The molecule has 0 radical (unpaired) electrons. The van der Waals surface area contributed by atoms with E-state index in [4.69, 9.17) is 9.47 Å². The van der Waals surface area contributed by atoms with Gasteiger partial charge in [-0.05, 0) is 17.5 Å². The third-order valence-corrected chi connectivity index (χ3v) is 4.56. The molecule has 0 N–H and O–H groups in total. The van der Waals surface area contributed by atoms with E-state index in [1.54, 1.807) is 29.2 Å². The molecule has 2 aromatic rings. The molecule has 0 unspecified atom stereocenters. The van der Waals surface area contributed by atoms with Gasteiger partial charge in [-0.2, -0.15) is 5.10 Å². The first kappa shape index (κ1) is 15.2. The predicted octanol–water partition coefficient (Wildman–Crippen LogP) is 1.80. The number of methoxy groups -OCH3 is 1. The molecule has 7 heteroatoms. The van der Waals surface area contributed by atoms with Crippen LogP contribution in [0.2, 0.25) is 0 Å². The van der Waals surface area contributed by atoms with Gasteiger partial charge in [0.2, 0.25) is 0 Å². The summed E-state index contributed by atoms with van der Waals surface area (Å²) in [7, 11) is 1.65. The number of nitrogens with zero attached hydrogens (tertiary/aromatic N) is 3. The number of ether oxygens (including phenoxy) is 2. The number of hydrogen-bond donors (Lipinski definition) is 0. The number of amides is 1. The summed E-state index contributed by atoms with van der Waals surface area (Å²) in [5.74, 6) is -0.0407. The second-order valence-electron chi connectivity index (χ2n) is 5.08. The van der Waals surface area contributed by atoms with E-state index in [9.17, 15) is 4.79 Å². The predicted molar refractivity (Wildman–Crippen MR) is 83.0 cm³/mol. The summed E-state index contributed by atoms with van der Waals surface area (Å²) in [6.45, 7) is 2.95. The second-order valence-corrected chi connectivity index (χ2v) is 6.06. The van der Waals surface area contributed by atoms with E-state index >= 15 is 0 Å². The molecular formula is C15H19N3O3S. The van der Waals surface area contributed by atoms with Crippen LogP contribution in [0.3, 0.4) is 0 Å². The number of carbonyl (C=O) groups is 1. The minimum atomic E-state index is -0.0407. The maximum atomic E-state index is 12.6. The highest BCUT2D eigenvalue weighted by Crippen LogP contribution is 2.26. The van der Waals surface area contributed by atoms with Gasteiger partial charge in [0.05, 0.1) is 26.3 Å². The summed E-state index contributed by atoms with van der Waals surface area (Å²) in [5.41, 5.74) is 0.475. The number of thiophene rings is 1. The fourth-order valence-corrected chi connectivity index (χ4v) is 3.19. The Morgan fingerprint density at radius 3 is 3.23 bits per heavy atom. The van der Waals surface area contributed by atoms with Crippen molar-refractivity contribution in [3.05, 3.63) is 40.3 Å². The van der Waals surface area contributed by atoms with E-state index in [0.717, 1.165) is 4.88 Å². The van der Waals surface area contributed by atoms with Gasteiger partial charge in [0.1, 0.15) is 11.8 Å². The Hall–Kier alpha value is -1.70. The lowest BCUT2D eigenvalue weighted by molar-refractivity contribution is -0.0214. The molecule has 22 heavy (non-hydrogen) atoms. The van der Waals surface area contributed by atoms with Crippen LogP contribution in [-0.4, -0.2) is 54.0 Å². The number of morpholine rings is 1. The van der Waals surface area contributed by atoms with Crippen LogP contribution in [0, 0.1) is 0 Å². The van der Waals surface area contributed by atoms with Crippen molar-refractivity contribution in [3.8, 4) is 0 Å². The van der Waals surface area contributed by atoms with Crippen molar-refractivity contribution in [1.29, 1.82) is 0 Å². The van der Waals surface area contributed by atoms with Crippen molar-refractivity contribution in [2.45, 2.75) is 12.6 Å². The topological polar surface area (TPSA) is 56.6 Å². The maximum absolute atomic E-state index is 12.6. The van der Waals surface area contributed by atoms with Crippen LogP contribution >= 0.6 is 11.3 Å². The van der Waals surface area contributed by atoms with Crippen molar-refractivity contribution in [1.82, 2.24) is 14.7 Å². The van der Waals surface area contributed by atoms with E-state index in [0.29, 0.717) is 38.5 Å².